The normalized spacial score (nSPS) is 16.1. The Morgan fingerprint density at radius 3 is 2.56 bits per heavy atom. The van der Waals surface area contributed by atoms with Gasteiger partial charge >= 0.3 is 41.6 Å². The summed E-state index contributed by atoms with van der Waals surface area (Å²) >= 11 is 0. The molecule has 0 aliphatic carbocycles. The first kappa shape index (κ1) is 27.0. The summed E-state index contributed by atoms with van der Waals surface area (Å²) < 4.78 is 5.06. The number of Topliss-reactive ketones (excluding diaryl/α,β-unsaturated/α-hetero) is 1. The molecule has 1 aromatic carbocycles. The van der Waals surface area contributed by atoms with Crippen LogP contribution in [0, 0.1) is 0 Å². The van der Waals surface area contributed by atoms with Crippen LogP contribution in [-0.2, 0) is 14.4 Å². The summed E-state index contributed by atoms with van der Waals surface area (Å²) in [6, 6.07) is 7.40. The van der Waals surface area contributed by atoms with E-state index in [0.717, 1.165) is 11.1 Å². The number of hydrogen-bond donors (Lipinski definition) is 3. The molecule has 0 fully saturated rings. The van der Waals surface area contributed by atoms with E-state index in [2.05, 4.69) is 15.6 Å². The number of nitrogens with zero attached hydrogens (tertiary/aromatic N) is 2. The van der Waals surface area contributed by atoms with Gasteiger partial charge in [0.1, 0.15) is 0 Å². The van der Waals surface area contributed by atoms with E-state index >= 15 is 0 Å². The molecule has 174 valence electrons. The maximum absolute atomic E-state index is 12.6. The quantitative estimate of drug-likeness (QED) is 0.404. The van der Waals surface area contributed by atoms with Gasteiger partial charge in [-0.3, -0.25) is 14.4 Å². The zero-order valence-corrected chi connectivity index (χ0v) is 18.4. The van der Waals surface area contributed by atoms with Crippen LogP contribution in [0.4, 0.5) is 4.79 Å². The van der Waals surface area contributed by atoms with Crippen LogP contribution in [0.15, 0.2) is 54.4 Å². The molecule has 3 N–H and O–H groups in total. The Hall–Kier alpha value is -3.21. The Morgan fingerprint density at radius 2 is 1.94 bits per heavy atom. The number of methoxy groups -OCH3 is 1. The van der Waals surface area contributed by atoms with Crippen molar-refractivity contribution in [3.05, 3.63) is 59.9 Å². The number of nitrogens with one attached hydrogen (secondary N) is 2. The maximum atomic E-state index is 12.6. The van der Waals surface area contributed by atoms with Crippen molar-refractivity contribution in [1.29, 1.82) is 0 Å². The third-order valence-electron chi connectivity index (χ3n) is 5.16. The molecule has 11 heteroatoms. The summed E-state index contributed by atoms with van der Waals surface area (Å²) in [5.41, 5.74) is 2.40. The average molecular weight is 476 g/mol. The number of ketones is 1. The molecule has 1 aromatic heterocycles. The minimum absolute atomic E-state index is 0. The van der Waals surface area contributed by atoms with Crippen LogP contribution in [0.3, 0.4) is 0 Å². The number of carbonyl (C=O) groups is 4. The molecule has 1 aliphatic rings. The summed E-state index contributed by atoms with van der Waals surface area (Å²) in [5.74, 6) is -1.76. The molecule has 10 nitrogen and oxygen atoms in total. The number of rotatable bonds is 7. The number of benzene rings is 1. The Kier molecular flexibility index (Phi) is 9.36. The zero-order chi connectivity index (χ0) is 24.1. The van der Waals surface area contributed by atoms with Gasteiger partial charge in [-0.2, -0.15) is 0 Å². The monoisotopic (exact) mass is 476 g/mol. The number of carboxylic acid groups (broad SMARTS) is 1. The van der Waals surface area contributed by atoms with Gasteiger partial charge in [0.2, 0.25) is 5.88 Å². The SMILES string of the molecule is COc1ccc(-c2cccc(C(CC(=O)O)NC(=O)NC3C(=O)C(C)=CN(C)C3=O)c2)cn1.[NaH]. The van der Waals surface area contributed by atoms with Crippen LogP contribution in [0.2, 0.25) is 0 Å². The number of urea groups is 1. The molecule has 3 rings (SSSR count). The van der Waals surface area contributed by atoms with Gasteiger partial charge in [0, 0.05) is 36.6 Å². The van der Waals surface area contributed by atoms with Crippen LogP contribution in [0.25, 0.3) is 11.1 Å². The predicted octanol–water partition coefficient (Wildman–Crippen LogP) is 1.24. The number of pyridine rings is 1. The molecular formula is C23H25N4NaO6. The first-order valence-corrected chi connectivity index (χ1v) is 10.1. The third-order valence-corrected chi connectivity index (χ3v) is 5.16. The van der Waals surface area contributed by atoms with Gasteiger partial charge in [-0.05, 0) is 30.2 Å². The number of amides is 3. The first-order chi connectivity index (χ1) is 15.7. The molecule has 0 radical (unpaired) electrons. The second-order valence-corrected chi connectivity index (χ2v) is 7.54. The van der Waals surface area contributed by atoms with E-state index in [-0.39, 0.29) is 29.6 Å². The van der Waals surface area contributed by atoms with E-state index in [9.17, 15) is 24.3 Å². The molecule has 0 saturated heterocycles. The van der Waals surface area contributed by atoms with Crippen LogP contribution >= 0.6 is 0 Å². The van der Waals surface area contributed by atoms with E-state index in [0.29, 0.717) is 17.0 Å². The van der Waals surface area contributed by atoms with Gasteiger partial charge in [-0.25, -0.2) is 9.78 Å². The summed E-state index contributed by atoms with van der Waals surface area (Å²) in [4.78, 5) is 54.1. The van der Waals surface area contributed by atoms with Crippen LogP contribution in [0.5, 0.6) is 5.88 Å². The van der Waals surface area contributed by atoms with E-state index < -0.39 is 42.2 Å². The van der Waals surface area contributed by atoms with E-state index in [1.54, 1.807) is 37.4 Å². The number of carbonyl (C=O) groups excluding carboxylic acids is 3. The van der Waals surface area contributed by atoms with Crippen molar-refractivity contribution in [3.63, 3.8) is 0 Å². The Morgan fingerprint density at radius 1 is 1.21 bits per heavy atom. The minimum atomic E-state index is -1.37. The number of hydrogen-bond acceptors (Lipinski definition) is 6. The van der Waals surface area contributed by atoms with Crippen molar-refractivity contribution in [2.75, 3.05) is 14.2 Å². The van der Waals surface area contributed by atoms with Gasteiger partial charge in [0.25, 0.3) is 5.91 Å². The second kappa shape index (κ2) is 11.8. The van der Waals surface area contributed by atoms with Crippen LogP contribution < -0.4 is 15.4 Å². The molecule has 2 heterocycles. The number of ether oxygens (including phenoxy) is 1. The van der Waals surface area contributed by atoms with E-state index in [4.69, 9.17) is 4.74 Å². The number of aliphatic carboxylic acids is 1. The molecule has 0 saturated carbocycles. The fraction of sp³-hybridized carbons (Fsp3) is 0.261. The fourth-order valence-electron chi connectivity index (χ4n) is 3.45. The molecule has 2 unspecified atom stereocenters. The predicted molar refractivity (Wildman–Crippen MR) is 125 cm³/mol. The molecule has 2 aromatic rings. The first-order valence-electron chi connectivity index (χ1n) is 10.1. The summed E-state index contributed by atoms with van der Waals surface area (Å²) in [5, 5.41) is 14.3. The zero-order valence-electron chi connectivity index (χ0n) is 18.4. The average Bonchev–Trinajstić information content (AvgIpc) is 2.80. The third kappa shape index (κ3) is 6.43. The van der Waals surface area contributed by atoms with Crippen molar-refractivity contribution in [2.45, 2.75) is 25.4 Å². The van der Waals surface area contributed by atoms with Crippen molar-refractivity contribution >= 4 is 53.2 Å². The van der Waals surface area contributed by atoms with E-state index in [1.165, 1.54) is 25.3 Å². The van der Waals surface area contributed by atoms with Crippen molar-refractivity contribution < 1.29 is 29.0 Å². The van der Waals surface area contributed by atoms with E-state index in [1.807, 2.05) is 12.1 Å². The standard InChI is InChI=1S/C23H24N4O6.Na.H/c1-13-12-27(2)22(31)20(21(13)30)26-23(32)25-17(10-19(28)29)15-6-4-5-14(9-15)16-7-8-18(33-3)24-11-16;;/h4-9,11-12,17,20H,10H2,1-3H3,(H,28,29)(H2,25,26,32);;. The Bertz CT molecular complexity index is 1120. The summed E-state index contributed by atoms with van der Waals surface area (Å²) in [6.45, 7) is 1.55. The fourth-order valence-corrected chi connectivity index (χ4v) is 3.45. The molecular weight excluding hydrogens is 451 g/mol. The van der Waals surface area contributed by atoms with Crippen LogP contribution in [0.1, 0.15) is 24.9 Å². The van der Waals surface area contributed by atoms with Gasteiger partial charge in [0.05, 0.1) is 19.6 Å². The van der Waals surface area contributed by atoms with Crippen molar-refractivity contribution in [1.82, 2.24) is 20.5 Å². The molecule has 3 amide bonds. The molecule has 0 bridgehead atoms. The molecule has 2 atom stereocenters. The number of carboxylic acids is 1. The van der Waals surface area contributed by atoms with Gasteiger partial charge in [-0.15, -0.1) is 0 Å². The van der Waals surface area contributed by atoms with Crippen molar-refractivity contribution in [3.8, 4) is 17.0 Å². The summed E-state index contributed by atoms with van der Waals surface area (Å²) in [6.07, 6.45) is 2.62. The van der Waals surface area contributed by atoms with Gasteiger partial charge in [0.15, 0.2) is 11.8 Å². The van der Waals surface area contributed by atoms with Crippen molar-refractivity contribution in [2.24, 2.45) is 0 Å². The number of aromatic nitrogens is 1. The Balaban J connectivity index is 0.00000408. The topological polar surface area (TPSA) is 138 Å². The molecule has 0 spiro atoms. The van der Waals surface area contributed by atoms with Gasteiger partial charge in [-0.1, -0.05) is 18.2 Å². The van der Waals surface area contributed by atoms with Crippen LogP contribution in [-0.4, -0.2) is 88.4 Å². The van der Waals surface area contributed by atoms with Gasteiger partial charge < -0.3 is 25.4 Å². The second-order valence-electron chi connectivity index (χ2n) is 7.54. The summed E-state index contributed by atoms with van der Waals surface area (Å²) in [7, 11) is 3.00. The molecule has 34 heavy (non-hydrogen) atoms. The number of likely N-dealkylation sites (N-methyl/N-ethyl adjacent to an activating group) is 1. The Labute approximate surface area is 218 Å². The molecule has 1 aliphatic heterocycles.